The van der Waals surface area contributed by atoms with Crippen molar-refractivity contribution in [1.82, 2.24) is 4.72 Å². The third-order valence-corrected chi connectivity index (χ3v) is 3.68. The number of ketones is 1. The molecule has 1 aliphatic rings. The van der Waals surface area contributed by atoms with Gasteiger partial charge in [-0.05, 0) is 12.8 Å². The number of Topliss-reactive ketones (excluding diaryl/α,β-unsaturated/α-hetero) is 1. The Morgan fingerprint density at radius 3 is 2.44 bits per heavy atom. The zero-order valence-electron chi connectivity index (χ0n) is 8.72. The zero-order valence-corrected chi connectivity index (χ0v) is 9.53. The quantitative estimate of drug-likeness (QED) is 0.778. The smallest absolute Gasteiger partial charge is 0.219 e. The Balaban J connectivity index is 2.01. The molecule has 1 saturated carbocycles. The summed E-state index contributed by atoms with van der Waals surface area (Å²) in [6.07, 6.45) is 1.75. The van der Waals surface area contributed by atoms with Crippen LogP contribution < -0.4 is 4.72 Å². The van der Waals surface area contributed by atoms with Crippen LogP contribution in [0.25, 0.3) is 0 Å². The molecule has 0 radical (unpaired) electrons. The number of sulfonamides is 1. The van der Waals surface area contributed by atoms with Crippen molar-refractivity contribution in [3.8, 4) is 0 Å². The van der Waals surface area contributed by atoms with E-state index >= 15 is 0 Å². The van der Waals surface area contributed by atoms with Gasteiger partial charge in [0.2, 0.25) is 10.0 Å². The number of hydrogen-bond acceptors (Lipinski definition) is 3. The molecule has 16 heavy (non-hydrogen) atoms. The second-order valence-corrected chi connectivity index (χ2v) is 5.69. The molecule has 0 aromatic heterocycles. The molecule has 0 heterocycles. The highest BCUT2D eigenvalue weighted by Gasteiger charge is 2.28. The highest BCUT2D eigenvalue weighted by atomic mass is 32.2. The summed E-state index contributed by atoms with van der Waals surface area (Å²) >= 11 is 0. The van der Waals surface area contributed by atoms with Crippen LogP contribution in [0, 0.1) is 0 Å². The Morgan fingerprint density at radius 1 is 1.25 bits per heavy atom. The monoisotopic (exact) mass is 239 g/mol. The van der Waals surface area contributed by atoms with E-state index in [0.29, 0.717) is 5.56 Å². The van der Waals surface area contributed by atoms with Gasteiger partial charge in [0.25, 0.3) is 0 Å². The molecule has 1 aromatic carbocycles. The lowest BCUT2D eigenvalue weighted by atomic mass is 10.2. The van der Waals surface area contributed by atoms with Gasteiger partial charge in [0.15, 0.2) is 5.78 Å². The first-order valence-electron chi connectivity index (χ1n) is 5.15. The van der Waals surface area contributed by atoms with E-state index in [1.54, 1.807) is 30.3 Å². The predicted octanol–water partition coefficient (Wildman–Crippen LogP) is 0.951. The molecule has 4 nitrogen and oxygen atoms in total. The zero-order chi connectivity index (χ0) is 11.6. The van der Waals surface area contributed by atoms with E-state index in [9.17, 15) is 13.2 Å². The van der Waals surface area contributed by atoms with E-state index in [1.807, 2.05) is 0 Å². The minimum Gasteiger partial charge on any atom is -0.293 e. The lowest BCUT2D eigenvalue weighted by Crippen LogP contribution is -2.31. The molecule has 1 N–H and O–H groups in total. The van der Waals surface area contributed by atoms with Crippen LogP contribution in [-0.4, -0.2) is 26.0 Å². The molecule has 1 aliphatic carbocycles. The third-order valence-electron chi connectivity index (χ3n) is 2.34. The molecule has 0 saturated heterocycles. The number of nitrogens with one attached hydrogen (secondary N) is 1. The maximum absolute atomic E-state index is 11.6. The van der Waals surface area contributed by atoms with Crippen LogP contribution in [0.4, 0.5) is 0 Å². The first-order chi connectivity index (χ1) is 7.57. The Hall–Kier alpha value is -1.20. The molecule has 1 fully saturated rings. The Bertz CT molecular complexity index is 477. The Labute approximate surface area is 94.7 Å². The highest BCUT2D eigenvalue weighted by molar-refractivity contribution is 7.90. The SMILES string of the molecule is O=C(CS(=O)(=O)NC1CC1)c1ccccc1. The Morgan fingerprint density at radius 2 is 1.88 bits per heavy atom. The molecular weight excluding hydrogens is 226 g/mol. The normalized spacial score (nSPS) is 16.0. The number of benzene rings is 1. The fourth-order valence-corrected chi connectivity index (χ4v) is 2.72. The van der Waals surface area contributed by atoms with Gasteiger partial charge in [0, 0.05) is 11.6 Å². The summed E-state index contributed by atoms with van der Waals surface area (Å²) in [5, 5.41) is 0. The van der Waals surface area contributed by atoms with Gasteiger partial charge in [0.1, 0.15) is 5.75 Å². The molecule has 1 aromatic rings. The summed E-state index contributed by atoms with van der Waals surface area (Å²) in [5.41, 5.74) is 0.434. The largest absolute Gasteiger partial charge is 0.293 e. The van der Waals surface area contributed by atoms with Gasteiger partial charge in [-0.1, -0.05) is 30.3 Å². The van der Waals surface area contributed by atoms with Crippen LogP contribution in [0.2, 0.25) is 0 Å². The van der Waals surface area contributed by atoms with E-state index in [1.165, 1.54) is 0 Å². The summed E-state index contributed by atoms with van der Waals surface area (Å²) < 4.78 is 25.5. The molecule has 0 bridgehead atoms. The number of carbonyl (C=O) groups excluding carboxylic acids is 1. The van der Waals surface area contributed by atoms with Crippen molar-refractivity contribution in [2.24, 2.45) is 0 Å². The van der Waals surface area contributed by atoms with Gasteiger partial charge in [-0.15, -0.1) is 0 Å². The third kappa shape index (κ3) is 3.15. The average Bonchev–Trinajstić information content (AvgIpc) is 3.01. The maximum atomic E-state index is 11.6. The molecule has 5 heteroatoms. The predicted molar refractivity (Wildman–Crippen MR) is 60.7 cm³/mol. The van der Waals surface area contributed by atoms with E-state index in [2.05, 4.69) is 4.72 Å². The van der Waals surface area contributed by atoms with Crippen LogP contribution in [0.15, 0.2) is 30.3 Å². The summed E-state index contributed by atoms with van der Waals surface area (Å²) in [7, 11) is -3.47. The number of hydrogen-bond donors (Lipinski definition) is 1. The Kier molecular flexibility index (Phi) is 3.07. The molecule has 0 unspecified atom stereocenters. The summed E-state index contributed by atoms with van der Waals surface area (Å²) in [6, 6.07) is 8.51. The van der Waals surface area contributed by atoms with Gasteiger partial charge in [-0.25, -0.2) is 13.1 Å². The van der Waals surface area contributed by atoms with Gasteiger partial charge in [-0.2, -0.15) is 0 Å². The van der Waals surface area contributed by atoms with Gasteiger partial charge < -0.3 is 0 Å². The van der Waals surface area contributed by atoms with Crippen molar-refractivity contribution in [2.45, 2.75) is 18.9 Å². The molecule has 86 valence electrons. The van der Waals surface area contributed by atoms with Crippen LogP contribution >= 0.6 is 0 Å². The first kappa shape index (κ1) is 11.3. The summed E-state index contributed by atoms with van der Waals surface area (Å²) in [4.78, 5) is 11.6. The van der Waals surface area contributed by atoms with Crippen molar-refractivity contribution >= 4 is 15.8 Å². The van der Waals surface area contributed by atoms with Crippen molar-refractivity contribution in [2.75, 3.05) is 5.75 Å². The summed E-state index contributed by atoms with van der Waals surface area (Å²) in [5.74, 6) is -0.832. The minimum atomic E-state index is -3.47. The van der Waals surface area contributed by atoms with Crippen molar-refractivity contribution in [3.05, 3.63) is 35.9 Å². The van der Waals surface area contributed by atoms with Crippen molar-refractivity contribution in [1.29, 1.82) is 0 Å². The first-order valence-corrected chi connectivity index (χ1v) is 6.80. The van der Waals surface area contributed by atoms with Gasteiger partial charge in [0.05, 0.1) is 0 Å². The topological polar surface area (TPSA) is 63.2 Å². The average molecular weight is 239 g/mol. The standard InChI is InChI=1S/C11H13NO3S/c13-11(9-4-2-1-3-5-9)8-16(14,15)12-10-6-7-10/h1-5,10,12H,6-8H2. The van der Waals surface area contributed by atoms with Gasteiger partial charge >= 0.3 is 0 Å². The lowest BCUT2D eigenvalue weighted by molar-refractivity contribution is 0.102. The van der Waals surface area contributed by atoms with E-state index in [0.717, 1.165) is 12.8 Å². The molecule has 0 atom stereocenters. The van der Waals surface area contributed by atoms with Crippen LogP contribution in [0.1, 0.15) is 23.2 Å². The van der Waals surface area contributed by atoms with Crippen molar-refractivity contribution in [3.63, 3.8) is 0 Å². The minimum absolute atomic E-state index is 0.0496. The van der Waals surface area contributed by atoms with Crippen molar-refractivity contribution < 1.29 is 13.2 Å². The fraction of sp³-hybridized carbons (Fsp3) is 0.364. The van der Waals surface area contributed by atoms with Crippen LogP contribution in [0.5, 0.6) is 0 Å². The second kappa shape index (κ2) is 4.35. The summed E-state index contributed by atoms with van der Waals surface area (Å²) in [6.45, 7) is 0. The molecule has 0 spiro atoms. The number of carbonyl (C=O) groups is 1. The highest BCUT2D eigenvalue weighted by Crippen LogP contribution is 2.19. The second-order valence-electron chi connectivity index (χ2n) is 3.94. The molecule has 0 amide bonds. The number of rotatable bonds is 5. The van der Waals surface area contributed by atoms with E-state index in [4.69, 9.17) is 0 Å². The molecular formula is C11H13NO3S. The van der Waals surface area contributed by atoms with Crippen LogP contribution in [0.3, 0.4) is 0 Å². The van der Waals surface area contributed by atoms with Gasteiger partial charge in [-0.3, -0.25) is 4.79 Å². The molecule has 2 rings (SSSR count). The fourth-order valence-electron chi connectivity index (χ4n) is 1.38. The van der Waals surface area contributed by atoms with E-state index in [-0.39, 0.29) is 11.8 Å². The molecule has 0 aliphatic heterocycles. The van der Waals surface area contributed by atoms with E-state index < -0.39 is 15.8 Å². The maximum Gasteiger partial charge on any atom is 0.219 e. The van der Waals surface area contributed by atoms with Crippen LogP contribution in [-0.2, 0) is 10.0 Å². The lowest BCUT2D eigenvalue weighted by Gasteiger charge is -2.04.